The Morgan fingerprint density at radius 1 is 1.28 bits per heavy atom. The van der Waals surface area contributed by atoms with Crippen LogP contribution >= 0.6 is 0 Å². The first-order valence-electron chi connectivity index (χ1n) is 6.02. The van der Waals surface area contributed by atoms with Crippen molar-refractivity contribution in [2.24, 2.45) is 5.73 Å². The lowest BCUT2D eigenvalue weighted by Crippen LogP contribution is -2.10. The molecule has 0 bridgehead atoms. The van der Waals surface area contributed by atoms with Crippen molar-refractivity contribution in [3.05, 3.63) is 41.2 Å². The molecule has 0 amide bonds. The van der Waals surface area contributed by atoms with Crippen LogP contribution < -0.4 is 5.73 Å². The van der Waals surface area contributed by atoms with Gasteiger partial charge in [0.25, 0.3) is 0 Å². The standard InChI is InChI=1S/C13H18N4O/c1-9(2)13-12(7-14)15-16-17(13)8-10-3-5-11(18)6-4-10/h3-6,9,18H,7-8,14H2,1-2H3. The highest BCUT2D eigenvalue weighted by Crippen LogP contribution is 2.19. The zero-order chi connectivity index (χ0) is 13.1. The van der Waals surface area contributed by atoms with Crippen molar-refractivity contribution in [2.75, 3.05) is 0 Å². The van der Waals surface area contributed by atoms with Gasteiger partial charge < -0.3 is 10.8 Å². The number of hydrogen-bond acceptors (Lipinski definition) is 4. The van der Waals surface area contributed by atoms with Gasteiger partial charge in [0.1, 0.15) is 5.75 Å². The molecule has 1 aromatic carbocycles. The number of nitrogens with zero attached hydrogens (tertiary/aromatic N) is 3. The summed E-state index contributed by atoms with van der Waals surface area (Å²) in [6.45, 7) is 5.25. The molecule has 1 aromatic heterocycles. The number of phenolic OH excluding ortho intramolecular Hbond substituents is 1. The fourth-order valence-electron chi connectivity index (χ4n) is 2.02. The predicted octanol–water partition coefficient (Wildman–Crippen LogP) is 1.61. The molecular weight excluding hydrogens is 228 g/mol. The molecule has 96 valence electrons. The third kappa shape index (κ3) is 2.51. The van der Waals surface area contributed by atoms with Gasteiger partial charge in [0.2, 0.25) is 0 Å². The maximum Gasteiger partial charge on any atom is 0.115 e. The first-order chi connectivity index (χ1) is 8.61. The zero-order valence-corrected chi connectivity index (χ0v) is 10.7. The Morgan fingerprint density at radius 3 is 2.50 bits per heavy atom. The molecule has 1 heterocycles. The molecule has 0 aliphatic rings. The van der Waals surface area contributed by atoms with E-state index in [-0.39, 0.29) is 5.75 Å². The summed E-state index contributed by atoms with van der Waals surface area (Å²) in [6.07, 6.45) is 0. The first-order valence-corrected chi connectivity index (χ1v) is 6.02. The van der Waals surface area contributed by atoms with Crippen molar-refractivity contribution in [1.29, 1.82) is 0 Å². The Bertz CT molecular complexity index is 516. The zero-order valence-electron chi connectivity index (χ0n) is 10.7. The Balaban J connectivity index is 2.28. The van der Waals surface area contributed by atoms with E-state index in [9.17, 15) is 5.11 Å². The van der Waals surface area contributed by atoms with E-state index >= 15 is 0 Å². The molecule has 18 heavy (non-hydrogen) atoms. The molecule has 0 radical (unpaired) electrons. The third-order valence-corrected chi connectivity index (χ3v) is 2.86. The molecule has 0 fully saturated rings. The number of aromatic nitrogens is 3. The van der Waals surface area contributed by atoms with E-state index < -0.39 is 0 Å². The van der Waals surface area contributed by atoms with Crippen molar-refractivity contribution < 1.29 is 5.11 Å². The molecule has 2 rings (SSSR count). The normalized spacial score (nSPS) is 11.1. The van der Waals surface area contributed by atoms with Gasteiger partial charge in [-0.1, -0.05) is 31.2 Å². The van der Waals surface area contributed by atoms with Crippen LogP contribution in [-0.4, -0.2) is 20.1 Å². The molecule has 0 aliphatic carbocycles. The van der Waals surface area contributed by atoms with E-state index in [1.54, 1.807) is 12.1 Å². The summed E-state index contributed by atoms with van der Waals surface area (Å²) in [5, 5.41) is 17.5. The van der Waals surface area contributed by atoms with Gasteiger partial charge in [-0.05, 0) is 23.6 Å². The molecule has 0 saturated carbocycles. The summed E-state index contributed by atoms with van der Waals surface area (Å²) in [7, 11) is 0. The molecule has 0 saturated heterocycles. The highest BCUT2D eigenvalue weighted by molar-refractivity contribution is 5.26. The summed E-state index contributed by atoms with van der Waals surface area (Å²) < 4.78 is 1.87. The first kappa shape index (κ1) is 12.6. The van der Waals surface area contributed by atoms with Gasteiger partial charge in [-0.2, -0.15) is 0 Å². The van der Waals surface area contributed by atoms with Crippen molar-refractivity contribution in [3.63, 3.8) is 0 Å². The molecule has 2 aromatic rings. The predicted molar refractivity (Wildman–Crippen MR) is 69.2 cm³/mol. The molecule has 0 unspecified atom stereocenters. The molecule has 5 heteroatoms. The van der Waals surface area contributed by atoms with E-state index in [0.717, 1.165) is 17.0 Å². The van der Waals surface area contributed by atoms with Gasteiger partial charge in [0.05, 0.1) is 17.9 Å². The van der Waals surface area contributed by atoms with E-state index in [4.69, 9.17) is 5.73 Å². The lowest BCUT2D eigenvalue weighted by atomic mass is 10.1. The second-order valence-electron chi connectivity index (χ2n) is 4.60. The van der Waals surface area contributed by atoms with Crippen LogP contribution in [-0.2, 0) is 13.1 Å². The average molecular weight is 246 g/mol. The summed E-state index contributed by atoms with van der Waals surface area (Å²) >= 11 is 0. The van der Waals surface area contributed by atoms with E-state index in [1.165, 1.54) is 0 Å². The maximum atomic E-state index is 9.26. The molecule has 0 aliphatic heterocycles. The minimum Gasteiger partial charge on any atom is -0.508 e. The van der Waals surface area contributed by atoms with Gasteiger partial charge in [-0.15, -0.1) is 5.10 Å². The largest absolute Gasteiger partial charge is 0.508 e. The molecular formula is C13H18N4O. The summed E-state index contributed by atoms with van der Waals surface area (Å²) in [6, 6.07) is 7.10. The number of nitrogens with two attached hydrogens (primary N) is 1. The summed E-state index contributed by atoms with van der Waals surface area (Å²) in [4.78, 5) is 0. The molecule has 3 N–H and O–H groups in total. The molecule has 0 spiro atoms. The van der Waals surface area contributed by atoms with Crippen molar-refractivity contribution in [3.8, 4) is 5.75 Å². The Kier molecular flexibility index (Phi) is 3.62. The maximum absolute atomic E-state index is 9.26. The van der Waals surface area contributed by atoms with Crippen LogP contribution in [0.2, 0.25) is 0 Å². The minimum atomic E-state index is 0.268. The molecule has 0 atom stereocenters. The van der Waals surface area contributed by atoms with Crippen molar-refractivity contribution in [1.82, 2.24) is 15.0 Å². The van der Waals surface area contributed by atoms with Crippen molar-refractivity contribution >= 4 is 0 Å². The number of benzene rings is 1. The smallest absolute Gasteiger partial charge is 0.115 e. The average Bonchev–Trinajstić information content (AvgIpc) is 2.75. The molecule has 5 nitrogen and oxygen atoms in total. The summed E-state index contributed by atoms with van der Waals surface area (Å²) in [5.74, 6) is 0.597. The van der Waals surface area contributed by atoms with Gasteiger partial charge in [0.15, 0.2) is 0 Å². The second kappa shape index (κ2) is 5.18. The Morgan fingerprint density at radius 2 is 1.94 bits per heavy atom. The highest BCUT2D eigenvalue weighted by Gasteiger charge is 2.14. The van der Waals surface area contributed by atoms with Crippen LogP contribution in [0.25, 0.3) is 0 Å². The van der Waals surface area contributed by atoms with Gasteiger partial charge in [-0.3, -0.25) is 0 Å². The number of hydrogen-bond donors (Lipinski definition) is 2. The van der Waals surface area contributed by atoms with Gasteiger partial charge in [-0.25, -0.2) is 4.68 Å². The third-order valence-electron chi connectivity index (χ3n) is 2.86. The topological polar surface area (TPSA) is 77.0 Å². The minimum absolute atomic E-state index is 0.268. The van der Waals surface area contributed by atoms with Gasteiger partial charge in [0, 0.05) is 6.54 Å². The van der Waals surface area contributed by atoms with Crippen LogP contribution in [0, 0.1) is 0 Å². The van der Waals surface area contributed by atoms with Crippen LogP contribution in [0.3, 0.4) is 0 Å². The van der Waals surface area contributed by atoms with Gasteiger partial charge >= 0.3 is 0 Å². The Labute approximate surface area is 106 Å². The second-order valence-corrected chi connectivity index (χ2v) is 4.60. The highest BCUT2D eigenvalue weighted by atomic mass is 16.3. The van der Waals surface area contributed by atoms with E-state index in [0.29, 0.717) is 19.0 Å². The van der Waals surface area contributed by atoms with Crippen molar-refractivity contribution in [2.45, 2.75) is 32.9 Å². The van der Waals surface area contributed by atoms with Crippen LogP contribution in [0.15, 0.2) is 24.3 Å². The number of aromatic hydroxyl groups is 1. The van der Waals surface area contributed by atoms with Crippen LogP contribution in [0.1, 0.15) is 36.7 Å². The van der Waals surface area contributed by atoms with E-state index in [2.05, 4.69) is 24.2 Å². The van der Waals surface area contributed by atoms with E-state index in [1.807, 2.05) is 16.8 Å². The Hall–Kier alpha value is -1.88. The monoisotopic (exact) mass is 246 g/mol. The summed E-state index contributed by atoms with van der Waals surface area (Å²) in [5.41, 5.74) is 8.66. The quantitative estimate of drug-likeness (QED) is 0.859. The SMILES string of the molecule is CC(C)c1c(CN)nnn1Cc1ccc(O)cc1. The fourth-order valence-corrected chi connectivity index (χ4v) is 2.02. The fraction of sp³-hybridized carbons (Fsp3) is 0.385. The van der Waals surface area contributed by atoms with Crippen LogP contribution in [0.5, 0.6) is 5.75 Å². The lowest BCUT2D eigenvalue weighted by molar-refractivity contribution is 0.475. The van der Waals surface area contributed by atoms with Crippen LogP contribution in [0.4, 0.5) is 0 Å². The lowest BCUT2D eigenvalue weighted by Gasteiger charge is -2.10. The number of rotatable bonds is 4. The number of phenols is 1.